The van der Waals surface area contributed by atoms with Gasteiger partial charge in [0.1, 0.15) is 0 Å². The Morgan fingerprint density at radius 2 is 1.08 bits per heavy atom. The fraction of sp³-hybridized carbons (Fsp3) is 0. The van der Waals surface area contributed by atoms with Crippen molar-refractivity contribution in [2.24, 2.45) is 0 Å². The molecule has 0 aromatic rings. The summed E-state index contributed by atoms with van der Waals surface area (Å²) in [7, 11) is 0. The molecule has 0 aromatic carbocycles. The molecule has 0 radical (unpaired) electrons. The Hall–Kier alpha value is -1.98. The Bertz CT molecular complexity index is 141. The molecule has 0 spiro atoms. The highest BCUT2D eigenvalue weighted by Gasteiger charge is 2.04. The van der Waals surface area contributed by atoms with Gasteiger partial charge in [0.2, 0.25) is 0 Å². The summed E-state index contributed by atoms with van der Waals surface area (Å²) in [6.07, 6.45) is 0. The third-order valence-electron chi connectivity index (χ3n) is 0.183. The number of carboxylic acids is 2. The van der Waals surface area contributed by atoms with Gasteiger partial charge in [-0.1, -0.05) is 0 Å². The molecule has 0 aromatic heterocycles. The normalized spacial score (nSPS) is 5.23. The van der Waals surface area contributed by atoms with Crippen molar-refractivity contribution >= 4 is 11.9 Å². The van der Waals surface area contributed by atoms with Crippen molar-refractivity contribution in [1.29, 1.82) is 0 Å². The quantitative estimate of drug-likeness (QED) is 0.164. The highest BCUT2D eigenvalue weighted by molar-refractivity contribution is 6.27. The molecule has 0 aliphatic heterocycles. The minimum Gasteiger partial charge on any atom is -0.473 e. The number of carbonyl (C=O) groups is 2. The van der Waals surface area contributed by atoms with E-state index in [1.807, 2.05) is 0 Å². The van der Waals surface area contributed by atoms with Crippen molar-refractivity contribution in [2.75, 3.05) is 0 Å². The molecule has 0 unspecified atom stereocenters. The summed E-state index contributed by atoms with van der Waals surface area (Å²) in [4.78, 5) is 26.6. The summed E-state index contributed by atoms with van der Waals surface area (Å²) < 4.78 is 0. The molecular weight excluding hydrogens is 192 g/mol. The van der Waals surface area contributed by atoms with Gasteiger partial charge in [-0.3, -0.25) is 0 Å². The smallest absolute Gasteiger partial charge is 0.414 e. The second-order valence-corrected chi connectivity index (χ2v) is 0.848. The van der Waals surface area contributed by atoms with Gasteiger partial charge >= 0.3 is 11.9 Å². The molecule has 0 fully saturated rings. The largest absolute Gasteiger partial charge is 0.473 e. The topological polar surface area (TPSA) is 243 Å². The summed E-state index contributed by atoms with van der Waals surface area (Å²) in [6.45, 7) is 0. The fourth-order valence-corrected chi connectivity index (χ4v) is 0. The molecule has 0 saturated heterocycles. The van der Waals surface area contributed by atoms with E-state index in [0.717, 1.165) is 0 Å². The van der Waals surface area contributed by atoms with Crippen molar-refractivity contribution in [3.05, 3.63) is 10.1 Å². The van der Waals surface area contributed by atoms with Gasteiger partial charge in [0, 0.05) is 0 Å². The first-order valence-electron chi connectivity index (χ1n) is 1.67. The predicted molar refractivity (Wildman–Crippen MR) is 39.1 cm³/mol. The summed E-state index contributed by atoms with van der Waals surface area (Å²) in [5.74, 6) is -3.65. The maximum absolute atomic E-state index is 9.10. The predicted octanol–water partition coefficient (Wildman–Crippen LogP) is -0.706. The van der Waals surface area contributed by atoms with Crippen LogP contribution >= 0.6 is 0 Å². The zero-order valence-corrected chi connectivity index (χ0v) is 6.54. The molecule has 13 heavy (non-hydrogen) atoms. The molecule has 12 N–H and O–H groups in total. The molecular formula is C2H12N4O7. The van der Waals surface area contributed by atoms with Gasteiger partial charge in [0.05, 0.1) is 0 Å². The second kappa shape index (κ2) is 16.5. The lowest BCUT2D eigenvalue weighted by molar-refractivity contribution is -0.742. The monoisotopic (exact) mass is 204 g/mol. The Morgan fingerprint density at radius 1 is 1.00 bits per heavy atom. The van der Waals surface area contributed by atoms with Crippen LogP contribution in [0.3, 0.4) is 0 Å². The van der Waals surface area contributed by atoms with E-state index in [0.29, 0.717) is 0 Å². The Kier molecular flexibility index (Phi) is 38.8. The minimum absolute atomic E-state index is 0. The number of nitrogens with zero attached hydrogens (tertiary/aromatic N) is 1. The van der Waals surface area contributed by atoms with Crippen molar-refractivity contribution in [1.82, 2.24) is 18.5 Å². The molecule has 11 nitrogen and oxygen atoms in total. The van der Waals surface area contributed by atoms with Crippen molar-refractivity contribution < 1.29 is 30.1 Å². The van der Waals surface area contributed by atoms with E-state index in [1.54, 1.807) is 0 Å². The van der Waals surface area contributed by atoms with Crippen molar-refractivity contribution in [2.45, 2.75) is 0 Å². The molecule has 0 atom stereocenters. The minimum atomic E-state index is -1.82. The fourth-order valence-electron chi connectivity index (χ4n) is 0. The van der Waals surface area contributed by atoms with E-state index in [1.165, 1.54) is 0 Å². The molecule has 82 valence electrons. The van der Waals surface area contributed by atoms with Gasteiger partial charge < -0.3 is 33.9 Å². The first kappa shape index (κ1) is 30.5. The standard InChI is InChI=1S/C2H2O4.HNO3.3H3N/c3-1(4)2(5)6;2-1(3)4;;;/h(H,3,4)(H,5,6);(H,2,3,4);3*1H3. The lowest BCUT2D eigenvalue weighted by Crippen LogP contribution is -2.09. The van der Waals surface area contributed by atoms with Crippen LogP contribution in [0, 0.1) is 10.1 Å². The highest BCUT2D eigenvalue weighted by Crippen LogP contribution is 1.56. The third kappa shape index (κ3) is 158. The van der Waals surface area contributed by atoms with Crippen molar-refractivity contribution in [3.63, 3.8) is 0 Å². The lowest BCUT2D eigenvalue weighted by Gasteiger charge is -1.72. The summed E-state index contributed by atoms with van der Waals surface area (Å²) >= 11 is 0. The molecule has 0 aliphatic carbocycles. The van der Waals surface area contributed by atoms with Crippen LogP contribution in [0.2, 0.25) is 0 Å². The summed E-state index contributed by atoms with van der Waals surface area (Å²) in [5.41, 5.74) is 0. The highest BCUT2D eigenvalue weighted by atomic mass is 16.9. The first-order chi connectivity index (χ1) is 4.37. The van der Waals surface area contributed by atoms with Gasteiger partial charge in [-0.15, -0.1) is 10.1 Å². The van der Waals surface area contributed by atoms with Crippen LogP contribution in [0.4, 0.5) is 0 Å². The average Bonchev–Trinajstić information content (AvgIpc) is 1.63. The van der Waals surface area contributed by atoms with Crippen LogP contribution in [0.25, 0.3) is 0 Å². The van der Waals surface area contributed by atoms with Gasteiger partial charge in [0.15, 0.2) is 0 Å². The van der Waals surface area contributed by atoms with Crippen LogP contribution < -0.4 is 18.5 Å². The second-order valence-electron chi connectivity index (χ2n) is 0.848. The number of hydrogen-bond donors (Lipinski definition) is 6. The lowest BCUT2D eigenvalue weighted by atomic mass is 10.7. The van der Waals surface area contributed by atoms with E-state index >= 15 is 0 Å². The molecule has 0 bridgehead atoms. The van der Waals surface area contributed by atoms with Crippen LogP contribution in [-0.2, 0) is 9.59 Å². The van der Waals surface area contributed by atoms with Gasteiger partial charge in [-0.05, 0) is 0 Å². The van der Waals surface area contributed by atoms with E-state index in [-0.39, 0.29) is 18.5 Å². The first-order valence-corrected chi connectivity index (χ1v) is 1.67. The maximum Gasteiger partial charge on any atom is 0.414 e. The number of carboxylic acid groups (broad SMARTS) is 2. The number of aliphatic carboxylic acids is 2. The molecule has 0 aliphatic rings. The third-order valence-corrected chi connectivity index (χ3v) is 0.183. The van der Waals surface area contributed by atoms with Crippen LogP contribution in [0.1, 0.15) is 0 Å². The molecule has 0 saturated carbocycles. The summed E-state index contributed by atoms with van der Waals surface area (Å²) in [5, 5.41) is 28.4. The zero-order chi connectivity index (χ0) is 8.73. The van der Waals surface area contributed by atoms with Gasteiger partial charge in [-0.2, -0.15) is 0 Å². The van der Waals surface area contributed by atoms with E-state index in [9.17, 15) is 0 Å². The Labute approximate surface area is 71.8 Å². The molecule has 0 rings (SSSR count). The SMILES string of the molecule is N.N.N.O=C(O)C(=O)O.O=[N+]([O-])O. The molecule has 11 heteroatoms. The molecule has 0 heterocycles. The average molecular weight is 204 g/mol. The van der Waals surface area contributed by atoms with Crippen LogP contribution in [0.5, 0.6) is 0 Å². The van der Waals surface area contributed by atoms with E-state index < -0.39 is 17.0 Å². The van der Waals surface area contributed by atoms with E-state index in [4.69, 9.17) is 35.1 Å². The maximum atomic E-state index is 9.10. The van der Waals surface area contributed by atoms with Crippen LogP contribution in [0.15, 0.2) is 0 Å². The Morgan fingerprint density at radius 3 is 1.08 bits per heavy atom. The van der Waals surface area contributed by atoms with E-state index in [2.05, 4.69) is 0 Å². The van der Waals surface area contributed by atoms with Gasteiger partial charge in [0.25, 0.3) is 5.09 Å². The molecule has 0 amide bonds. The zero-order valence-electron chi connectivity index (χ0n) is 6.54. The summed E-state index contributed by atoms with van der Waals surface area (Å²) in [6, 6.07) is 0. The van der Waals surface area contributed by atoms with Crippen molar-refractivity contribution in [3.8, 4) is 0 Å². The number of rotatable bonds is 0. The van der Waals surface area contributed by atoms with Gasteiger partial charge in [-0.25, -0.2) is 9.59 Å². The number of hydrogen-bond acceptors (Lipinski definition) is 7. The Balaban J connectivity index is -0.0000000279. The van der Waals surface area contributed by atoms with Crippen LogP contribution in [-0.4, -0.2) is 32.4 Å².